The van der Waals surface area contributed by atoms with E-state index in [1.54, 1.807) is 13.2 Å². The van der Waals surface area contributed by atoms with Crippen molar-refractivity contribution in [1.82, 2.24) is 14.1 Å². The Morgan fingerprint density at radius 2 is 1.88 bits per heavy atom. The molecule has 3 aromatic rings. The summed E-state index contributed by atoms with van der Waals surface area (Å²) in [5, 5.41) is 3.66. The lowest BCUT2D eigenvalue weighted by atomic mass is 10.1. The highest BCUT2D eigenvalue weighted by molar-refractivity contribution is 5.92. The fourth-order valence-corrected chi connectivity index (χ4v) is 2.77. The number of nitrogens with zero attached hydrogens (tertiary/aromatic N) is 3. The minimum absolute atomic E-state index is 0.343. The third kappa shape index (κ3) is 2.77. The van der Waals surface area contributed by atoms with Crippen LogP contribution in [0, 0.1) is 6.92 Å². The summed E-state index contributed by atoms with van der Waals surface area (Å²) in [6.07, 6.45) is 1.65. The first-order chi connectivity index (χ1) is 12.0. The molecule has 0 radical (unpaired) electrons. The maximum absolute atomic E-state index is 12.7. The van der Waals surface area contributed by atoms with Gasteiger partial charge in [0.1, 0.15) is 11.1 Å². The van der Waals surface area contributed by atoms with Gasteiger partial charge in [-0.25, -0.2) is 9.78 Å². The summed E-state index contributed by atoms with van der Waals surface area (Å²) < 4.78 is 8.10. The van der Waals surface area contributed by atoms with Gasteiger partial charge in [0.2, 0.25) is 0 Å². The predicted molar refractivity (Wildman–Crippen MR) is 97.9 cm³/mol. The number of para-hydroxylation sites is 2. The van der Waals surface area contributed by atoms with E-state index in [4.69, 9.17) is 4.74 Å². The van der Waals surface area contributed by atoms with E-state index in [0.717, 1.165) is 15.8 Å². The molecule has 0 aliphatic rings. The van der Waals surface area contributed by atoms with Gasteiger partial charge in [-0.3, -0.25) is 13.9 Å². The van der Waals surface area contributed by atoms with Crippen LogP contribution >= 0.6 is 0 Å². The van der Waals surface area contributed by atoms with Gasteiger partial charge in [-0.05, 0) is 31.5 Å². The number of aryl methyl sites for hydroxylation is 2. The molecule has 0 amide bonds. The Bertz CT molecular complexity index is 1070. The Kier molecular flexibility index (Phi) is 4.31. The van der Waals surface area contributed by atoms with Gasteiger partial charge in [0, 0.05) is 20.3 Å². The Morgan fingerprint density at radius 3 is 2.60 bits per heavy atom. The van der Waals surface area contributed by atoms with E-state index in [1.165, 1.54) is 11.6 Å². The number of ether oxygens (including phenoxy) is 1. The van der Waals surface area contributed by atoms with Crippen LogP contribution in [0.15, 0.2) is 40.1 Å². The summed E-state index contributed by atoms with van der Waals surface area (Å²) in [6, 6.07) is 7.51. The number of aromatic nitrogens is 3. The number of nitrogens with one attached hydrogen (secondary N) is 1. The molecule has 0 bridgehead atoms. The van der Waals surface area contributed by atoms with E-state index in [-0.39, 0.29) is 5.56 Å². The fourth-order valence-electron chi connectivity index (χ4n) is 2.77. The average molecular weight is 340 g/mol. The molecule has 0 aliphatic carbocycles. The molecule has 0 atom stereocenters. The van der Waals surface area contributed by atoms with Crippen LogP contribution in [0.4, 0.5) is 11.4 Å². The number of rotatable bonds is 4. The van der Waals surface area contributed by atoms with Gasteiger partial charge < -0.3 is 10.1 Å². The van der Waals surface area contributed by atoms with Crippen molar-refractivity contribution in [3.8, 4) is 5.75 Å². The molecule has 0 aliphatic heterocycles. The third-order valence-corrected chi connectivity index (χ3v) is 4.11. The average Bonchev–Trinajstić information content (AvgIpc) is 2.61. The van der Waals surface area contributed by atoms with Crippen LogP contribution in [0.5, 0.6) is 5.75 Å². The van der Waals surface area contributed by atoms with Crippen LogP contribution in [0.25, 0.3) is 11.0 Å². The first-order valence-electron chi connectivity index (χ1n) is 7.99. The molecule has 2 aromatic heterocycles. The monoisotopic (exact) mass is 340 g/mol. The molecule has 0 saturated heterocycles. The van der Waals surface area contributed by atoms with E-state index in [2.05, 4.69) is 10.3 Å². The zero-order valence-electron chi connectivity index (χ0n) is 14.7. The number of pyridine rings is 1. The van der Waals surface area contributed by atoms with Crippen molar-refractivity contribution in [2.45, 2.75) is 13.8 Å². The third-order valence-electron chi connectivity index (χ3n) is 4.11. The van der Waals surface area contributed by atoms with E-state index < -0.39 is 5.69 Å². The molecular formula is C18H20N4O3. The lowest BCUT2D eigenvalue weighted by Gasteiger charge is -2.16. The maximum Gasteiger partial charge on any atom is 0.332 e. The normalized spacial score (nSPS) is 10.9. The SMILES string of the molecule is CCOc1ccccc1Nc1c(C)cnc2c1c(=O)n(C)c(=O)n2C. The van der Waals surface area contributed by atoms with E-state index >= 15 is 0 Å². The Hall–Kier alpha value is -3.09. The van der Waals surface area contributed by atoms with Gasteiger partial charge in [0.15, 0.2) is 5.65 Å². The van der Waals surface area contributed by atoms with Crippen molar-refractivity contribution in [2.75, 3.05) is 11.9 Å². The lowest BCUT2D eigenvalue weighted by Crippen LogP contribution is -2.37. The van der Waals surface area contributed by atoms with Crippen molar-refractivity contribution in [1.29, 1.82) is 0 Å². The van der Waals surface area contributed by atoms with E-state index in [9.17, 15) is 9.59 Å². The molecule has 0 fully saturated rings. The number of hydrogen-bond acceptors (Lipinski definition) is 5. The first kappa shape index (κ1) is 16.8. The lowest BCUT2D eigenvalue weighted by molar-refractivity contribution is 0.342. The van der Waals surface area contributed by atoms with Gasteiger partial charge in [-0.2, -0.15) is 0 Å². The molecule has 2 heterocycles. The summed E-state index contributed by atoms with van der Waals surface area (Å²) in [4.78, 5) is 29.1. The molecule has 1 N–H and O–H groups in total. The Morgan fingerprint density at radius 1 is 1.16 bits per heavy atom. The van der Waals surface area contributed by atoms with Crippen LogP contribution in [0.1, 0.15) is 12.5 Å². The quantitative estimate of drug-likeness (QED) is 0.787. The summed E-state index contributed by atoms with van der Waals surface area (Å²) in [5.74, 6) is 0.691. The van der Waals surface area contributed by atoms with Crippen LogP contribution < -0.4 is 21.3 Å². The second kappa shape index (κ2) is 6.43. The van der Waals surface area contributed by atoms with Crippen molar-refractivity contribution in [2.24, 2.45) is 14.1 Å². The second-order valence-electron chi connectivity index (χ2n) is 5.77. The number of benzene rings is 1. The number of fused-ring (bicyclic) bond motifs is 1. The molecule has 1 aromatic carbocycles. The van der Waals surface area contributed by atoms with E-state index in [0.29, 0.717) is 29.1 Å². The van der Waals surface area contributed by atoms with Crippen molar-refractivity contribution in [3.05, 3.63) is 56.9 Å². The van der Waals surface area contributed by atoms with Crippen molar-refractivity contribution >= 4 is 22.4 Å². The largest absolute Gasteiger partial charge is 0.492 e. The van der Waals surface area contributed by atoms with Gasteiger partial charge in [-0.15, -0.1) is 0 Å². The molecule has 0 spiro atoms. The molecule has 0 saturated carbocycles. The van der Waals surface area contributed by atoms with Crippen LogP contribution in [0.3, 0.4) is 0 Å². The number of hydrogen-bond donors (Lipinski definition) is 1. The van der Waals surface area contributed by atoms with E-state index in [1.807, 2.05) is 38.1 Å². The zero-order valence-corrected chi connectivity index (χ0v) is 14.7. The highest BCUT2D eigenvalue weighted by Crippen LogP contribution is 2.31. The van der Waals surface area contributed by atoms with Crippen LogP contribution in [-0.2, 0) is 14.1 Å². The minimum Gasteiger partial charge on any atom is -0.492 e. The van der Waals surface area contributed by atoms with Crippen molar-refractivity contribution < 1.29 is 4.74 Å². The minimum atomic E-state index is -0.408. The molecule has 130 valence electrons. The zero-order chi connectivity index (χ0) is 18.1. The predicted octanol–water partition coefficient (Wildman–Crippen LogP) is 2.08. The fraction of sp³-hybridized carbons (Fsp3) is 0.278. The standard InChI is InChI=1S/C18H20N4O3/c1-5-25-13-9-7-6-8-12(13)20-15-11(2)10-19-16-14(15)17(23)22(4)18(24)21(16)3/h6-10H,5H2,1-4H3,(H,19,20). The molecular weight excluding hydrogens is 320 g/mol. The van der Waals surface area contributed by atoms with Crippen LogP contribution in [0.2, 0.25) is 0 Å². The number of anilines is 2. The smallest absolute Gasteiger partial charge is 0.332 e. The summed E-state index contributed by atoms with van der Waals surface area (Å²) in [6.45, 7) is 4.31. The Balaban J connectivity index is 2.29. The maximum atomic E-state index is 12.7. The first-order valence-corrected chi connectivity index (χ1v) is 7.99. The summed E-state index contributed by atoms with van der Waals surface area (Å²) >= 11 is 0. The van der Waals surface area contributed by atoms with Gasteiger partial charge in [0.25, 0.3) is 5.56 Å². The molecule has 0 unspecified atom stereocenters. The highest BCUT2D eigenvalue weighted by atomic mass is 16.5. The summed E-state index contributed by atoms with van der Waals surface area (Å²) in [7, 11) is 3.06. The molecule has 7 heteroatoms. The topological polar surface area (TPSA) is 78.2 Å². The molecule has 7 nitrogen and oxygen atoms in total. The second-order valence-corrected chi connectivity index (χ2v) is 5.77. The van der Waals surface area contributed by atoms with Gasteiger partial charge in [0.05, 0.1) is 18.0 Å². The highest BCUT2D eigenvalue weighted by Gasteiger charge is 2.16. The summed E-state index contributed by atoms with van der Waals surface area (Å²) in [5.41, 5.74) is 1.72. The molecule has 25 heavy (non-hydrogen) atoms. The Labute approximate surface area is 144 Å². The van der Waals surface area contributed by atoms with Gasteiger partial charge in [-0.1, -0.05) is 12.1 Å². The van der Waals surface area contributed by atoms with Crippen molar-refractivity contribution in [3.63, 3.8) is 0 Å². The van der Waals surface area contributed by atoms with Crippen LogP contribution in [-0.4, -0.2) is 20.7 Å². The van der Waals surface area contributed by atoms with Gasteiger partial charge >= 0.3 is 5.69 Å². The molecule has 3 rings (SSSR count).